The number of hydrogen-bond donors (Lipinski definition) is 1. The van der Waals surface area contributed by atoms with Gasteiger partial charge in [-0.05, 0) is 12.3 Å². The van der Waals surface area contributed by atoms with Crippen molar-refractivity contribution in [2.24, 2.45) is 5.92 Å². The van der Waals surface area contributed by atoms with Gasteiger partial charge in [0.1, 0.15) is 15.6 Å². The Morgan fingerprint density at radius 2 is 1.92 bits per heavy atom. The zero-order valence-electron chi connectivity index (χ0n) is 6.77. The van der Waals surface area contributed by atoms with Crippen LogP contribution < -0.4 is 0 Å². The molecule has 1 N–H and O–H groups in total. The van der Waals surface area contributed by atoms with Crippen molar-refractivity contribution in [1.29, 1.82) is 0 Å². The molecule has 1 aliphatic rings. The summed E-state index contributed by atoms with van der Waals surface area (Å²) in [6.07, 6.45) is 4.15. The molecule has 0 saturated heterocycles. The van der Waals surface area contributed by atoms with Crippen LogP contribution in [-0.4, -0.2) is 23.5 Å². The van der Waals surface area contributed by atoms with Crippen molar-refractivity contribution in [2.45, 2.75) is 37.5 Å². The summed E-state index contributed by atoms with van der Waals surface area (Å²) in [5.74, 6) is 0.226. The van der Waals surface area contributed by atoms with Crippen LogP contribution in [0.2, 0.25) is 0 Å². The standard InChI is InChI=1S/C7H14O4S/c8-7(12(9,10)11)5-6-3-1-2-4-6/h6-8H,1-5H2,(H,9,10,11)/p-1. The molecule has 0 aromatic rings. The lowest BCUT2D eigenvalue weighted by molar-refractivity contribution is 0.198. The van der Waals surface area contributed by atoms with Gasteiger partial charge in [0.2, 0.25) is 0 Å². The highest BCUT2D eigenvalue weighted by molar-refractivity contribution is 7.86. The van der Waals surface area contributed by atoms with E-state index in [0.29, 0.717) is 0 Å². The van der Waals surface area contributed by atoms with Gasteiger partial charge in [-0.3, -0.25) is 0 Å². The van der Waals surface area contributed by atoms with E-state index >= 15 is 0 Å². The molecular weight excluding hydrogens is 180 g/mol. The predicted molar refractivity (Wildman–Crippen MR) is 42.3 cm³/mol. The van der Waals surface area contributed by atoms with Crippen molar-refractivity contribution >= 4 is 10.1 Å². The summed E-state index contributed by atoms with van der Waals surface area (Å²) < 4.78 is 30.9. The van der Waals surface area contributed by atoms with Gasteiger partial charge in [-0.1, -0.05) is 25.7 Å². The average molecular weight is 193 g/mol. The summed E-state index contributed by atoms with van der Waals surface area (Å²) >= 11 is 0. The lowest BCUT2D eigenvalue weighted by Gasteiger charge is -2.17. The van der Waals surface area contributed by atoms with Gasteiger partial charge in [-0.15, -0.1) is 0 Å². The third-order valence-electron chi connectivity index (χ3n) is 2.34. The first-order valence-corrected chi connectivity index (χ1v) is 5.60. The molecule has 1 saturated carbocycles. The summed E-state index contributed by atoms with van der Waals surface area (Å²) in [7, 11) is -4.48. The Morgan fingerprint density at radius 1 is 1.42 bits per heavy atom. The zero-order chi connectivity index (χ0) is 9.19. The second-order valence-electron chi connectivity index (χ2n) is 3.33. The van der Waals surface area contributed by atoms with Crippen molar-refractivity contribution in [3.05, 3.63) is 0 Å². The highest BCUT2D eigenvalue weighted by Crippen LogP contribution is 2.29. The molecule has 0 aromatic heterocycles. The lowest BCUT2D eigenvalue weighted by atomic mass is 10.1. The van der Waals surface area contributed by atoms with E-state index < -0.39 is 15.6 Å². The van der Waals surface area contributed by atoms with Gasteiger partial charge in [0.05, 0.1) is 0 Å². The monoisotopic (exact) mass is 193 g/mol. The second kappa shape index (κ2) is 3.72. The van der Waals surface area contributed by atoms with E-state index in [0.717, 1.165) is 25.7 Å². The summed E-state index contributed by atoms with van der Waals surface area (Å²) in [5.41, 5.74) is -1.69. The Balaban J connectivity index is 2.40. The van der Waals surface area contributed by atoms with E-state index in [1.54, 1.807) is 0 Å². The highest BCUT2D eigenvalue weighted by Gasteiger charge is 2.21. The van der Waals surface area contributed by atoms with Gasteiger partial charge >= 0.3 is 0 Å². The molecule has 72 valence electrons. The Kier molecular flexibility index (Phi) is 3.09. The topological polar surface area (TPSA) is 77.4 Å². The smallest absolute Gasteiger partial charge is 0.143 e. The van der Waals surface area contributed by atoms with Crippen LogP contribution in [0.25, 0.3) is 0 Å². The molecule has 1 unspecified atom stereocenters. The molecule has 0 aromatic carbocycles. The molecule has 0 bridgehead atoms. The van der Waals surface area contributed by atoms with Crippen LogP contribution >= 0.6 is 0 Å². The molecule has 1 aliphatic carbocycles. The molecule has 4 nitrogen and oxygen atoms in total. The van der Waals surface area contributed by atoms with Gasteiger partial charge in [0.25, 0.3) is 0 Å². The summed E-state index contributed by atoms with van der Waals surface area (Å²) in [6.45, 7) is 0. The number of aliphatic hydroxyl groups excluding tert-OH is 1. The van der Waals surface area contributed by atoms with Crippen LogP contribution in [0, 0.1) is 5.92 Å². The number of aliphatic hydroxyl groups is 1. The van der Waals surface area contributed by atoms with Gasteiger partial charge in [-0.25, -0.2) is 8.42 Å². The van der Waals surface area contributed by atoms with E-state index in [9.17, 15) is 13.0 Å². The maximum absolute atomic E-state index is 10.3. The largest absolute Gasteiger partial charge is 0.746 e. The third-order valence-corrected chi connectivity index (χ3v) is 3.20. The molecule has 1 rings (SSSR count). The van der Waals surface area contributed by atoms with E-state index in [2.05, 4.69) is 0 Å². The van der Waals surface area contributed by atoms with Crippen LogP contribution in [0.4, 0.5) is 0 Å². The maximum atomic E-state index is 10.3. The molecule has 0 spiro atoms. The fraction of sp³-hybridized carbons (Fsp3) is 1.00. The fourth-order valence-electron chi connectivity index (χ4n) is 1.65. The van der Waals surface area contributed by atoms with Crippen LogP contribution in [0.15, 0.2) is 0 Å². The normalized spacial score (nSPS) is 22.8. The van der Waals surface area contributed by atoms with E-state index in [-0.39, 0.29) is 12.3 Å². The first-order chi connectivity index (χ1) is 5.50. The van der Waals surface area contributed by atoms with Crippen LogP contribution in [-0.2, 0) is 10.1 Å². The summed E-state index contributed by atoms with van der Waals surface area (Å²) in [5, 5.41) is 8.95. The fourth-order valence-corrected chi connectivity index (χ4v) is 2.16. The van der Waals surface area contributed by atoms with Gasteiger partial charge in [0.15, 0.2) is 0 Å². The first-order valence-electron chi connectivity index (χ1n) is 4.13. The molecule has 0 aliphatic heterocycles. The molecule has 5 heteroatoms. The minimum absolute atomic E-state index is 0.117. The van der Waals surface area contributed by atoms with Gasteiger partial charge < -0.3 is 9.66 Å². The van der Waals surface area contributed by atoms with Crippen LogP contribution in [0.1, 0.15) is 32.1 Å². The average Bonchev–Trinajstić information content (AvgIpc) is 2.37. The van der Waals surface area contributed by atoms with E-state index in [1.807, 2.05) is 0 Å². The van der Waals surface area contributed by atoms with Crippen LogP contribution in [0.5, 0.6) is 0 Å². The quantitative estimate of drug-likeness (QED) is 0.659. The lowest BCUT2D eigenvalue weighted by Crippen LogP contribution is -2.22. The van der Waals surface area contributed by atoms with Crippen LogP contribution in [0.3, 0.4) is 0 Å². The Morgan fingerprint density at radius 3 is 2.33 bits per heavy atom. The Labute approximate surface area is 72.3 Å². The Hall–Kier alpha value is -0.130. The molecule has 1 fully saturated rings. The van der Waals surface area contributed by atoms with Crippen molar-refractivity contribution in [3.63, 3.8) is 0 Å². The molecule has 12 heavy (non-hydrogen) atoms. The summed E-state index contributed by atoms with van der Waals surface area (Å²) in [6, 6.07) is 0. The molecule has 0 amide bonds. The molecule has 0 radical (unpaired) electrons. The Bertz CT molecular complexity index is 228. The van der Waals surface area contributed by atoms with Gasteiger partial charge in [0, 0.05) is 0 Å². The van der Waals surface area contributed by atoms with Gasteiger partial charge in [-0.2, -0.15) is 0 Å². The number of rotatable bonds is 3. The van der Waals surface area contributed by atoms with E-state index in [1.165, 1.54) is 0 Å². The predicted octanol–water partition coefficient (Wildman–Crippen LogP) is 0.430. The molecule has 1 atom stereocenters. The number of hydrogen-bond acceptors (Lipinski definition) is 4. The van der Waals surface area contributed by atoms with E-state index in [4.69, 9.17) is 5.11 Å². The minimum atomic E-state index is -4.48. The third kappa shape index (κ3) is 2.73. The van der Waals surface area contributed by atoms with Crippen molar-refractivity contribution < 1.29 is 18.1 Å². The minimum Gasteiger partial charge on any atom is -0.746 e. The highest BCUT2D eigenvalue weighted by atomic mass is 32.2. The maximum Gasteiger partial charge on any atom is 0.143 e. The zero-order valence-corrected chi connectivity index (χ0v) is 7.59. The van der Waals surface area contributed by atoms with Crippen molar-refractivity contribution in [1.82, 2.24) is 0 Å². The SMILES string of the molecule is O=S(=O)([O-])C(O)CC1CCCC1. The first kappa shape index (κ1) is 9.95. The second-order valence-corrected chi connectivity index (χ2v) is 4.86. The van der Waals surface area contributed by atoms with Crippen molar-refractivity contribution in [3.8, 4) is 0 Å². The molecule has 0 heterocycles. The summed E-state index contributed by atoms with van der Waals surface area (Å²) in [4.78, 5) is 0. The van der Waals surface area contributed by atoms with Crippen molar-refractivity contribution in [2.75, 3.05) is 0 Å². The molecular formula is C7H13O4S-.